The lowest BCUT2D eigenvalue weighted by Gasteiger charge is -2.45. The smallest absolute Gasteiger partial charge is 0.0389 e. The third-order valence-electron chi connectivity index (χ3n) is 3.93. The van der Waals surface area contributed by atoms with E-state index in [9.17, 15) is 0 Å². The first-order chi connectivity index (χ1) is 8.72. The second kappa shape index (κ2) is 6.21. The fourth-order valence-electron chi connectivity index (χ4n) is 2.81. The van der Waals surface area contributed by atoms with Crippen molar-refractivity contribution in [1.29, 1.82) is 0 Å². The molecule has 1 aromatic carbocycles. The van der Waals surface area contributed by atoms with Crippen LogP contribution in [0.5, 0.6) is 0 Å². The summed E-state index contributed by atoms with van der Waals surface area (Å²) in [7, 11) is 4.28. The summed E-state index contributed by atoms with van der Waals surface area (Å²) in [6, 6.07) is 12.0. The van der Waals surface area contributed by atoms with Gasteiger partial charge < -0.3 is 10.2 Å². The minimum atomic E-state index is 0.586. The molecule has 18 heavy (non-hydrogen) atoms. The van der Waals surface area contributed by atoms with Gasteiger partial charge in [0.1, 0.15) is 0 Å². The zero-order valence-electron chi connectivity index (χ0n) is 11.8. The molecule has 1 aliphatic heterocycles. The van der Waals surface area contributed by atoms with Gasteiger partial charge in [0.05, 0.1) is 0 Å². The van der Waals surface area contributed by atoms with E-state index in [2.05, 4.69) is 59.4 Å². The molecule has 0 spiro atoms. The molecule has 3 heteroatoms. The van der Waals surface area contributed by atoms with E-state index in [1.54, 1.807) is 0 Å². The second-order valence-corrected chi connectivity index (χ2v) is 5.32. The van der Waals surface area contributed by atoms with Gasteiger partial charge in [-0.1, -0.05) is 18.2 Å². The summed E-state index contributed by atoms with van der Waals surface area (Å²) in [6.45, 7) is 5.68. The van der Waals surface area contributed by atoms with Crippen LogP contribution < -0.4 is 10.2 Å². The molecule has 2 unspecified atom stereocenters. The first kappa shape index (κ1) is 13.4. The SMILES string of the molecule is CNCCC1CN(c2ccccc2)C(C)CN1C. The molecule has 0 aromatic heterocycles. The third-order valence-corrected chi connectivity index (χ3v) is 3.93. The summed E-state index contributed by atoms with van der Waals surface area (Å²) in [4.78, 5) is 5.04. The molecular formula is C15H25N3. The molecule has 0 amide bonds. The first-order valence-electron chi connectivity index (χ1n) is 6.89. The average Bonchev–Trinajstić information content (AvgIpc) is 2.39. The van der Waals surface area contributed by atoms with Crippen molar-refractivity contribution in [2.45, 2.75) is 25.4 Å². The van der Waals surface area contributed by atoms with Gasteiger partial charge in [-0.15, -0.1) is 0 Å². The molecule has 3 nitrogen and oxygen atoms in total. The summed E-state index contributed by atoms with van der Waals surface area (Å²) >= 11 is 0. The van der Waals surface area contributed by atoms with Crippen LogP contribution in [0.1, 0.15) is 13.3 Å². The molecule has 1 fully saturated rings. The number of hydrogen-bond donors (Lipinski definition) is 1. The predicted molar refractivity (Wildman–Crippen MR) is 78.2 cm³/mol. The topological polar surface area (TPSA) is 18.5 Å². The number of rotatable bonds is 4. The summed E-state index contributed by atoms with van der Waals surface area (Å²) in [5.74, 6) is 0. The Morgan fingerprint density at radius 1 is 1.22 bits per heavy atom. The first-order valence-corrected chi connectivity index (χ1v) is 6.89. The fraction of sp³-hybridized carbons (Fsp3) is 0.600. The highest BCUT2D eigenvalue weighted by atomic mass is 15.3. The van der Waals surface area contributed by atoms with Gasteiger partial charge in [0.15, 0.2) is 0 Å². The van der Waals surface area contributed by atoms with E-state index in [1.165, 1.54) is 12.1 Å². The van der Waals surface area contributed by atoms with Crippen molar-refractivity contribution in [2.24, 2.45) is 0 Å². The zero-order valence-corrected chi connectivity index (χ0v) is 11.8. The monoisotopic (exact) mass is 247 g/mol. The van der Waals surface area contributed by atoms with Crippen LogP contribution in [-0.4, -0.2) is 50.7 Å². The number of nitrogens with one attached hydrogen (secondary N) is 1. The van der Waals surface area contributed by atoms with Gasteiger partial charge in [-0.25, -0.2) is 0 Å². The van der Waals surface area contributed by atoms with Crippen molar-refractivity contribution >= 4 is 5.69 Å². The van der Waals surface area contributed by atoms with Crippen LogP contribution in [0.3, 0.4) is 0 Å². The van der Waals surface area contributed by atoms with Gasteiger partial charge in [-0.05, 0) is 46.1 Å². The van der Waals surface area contributed by atoms with Crippen LogP contribution in [0.25, 0.3) is 0 Å². The molecule has 1 saturated heterocycles. The number of likely N-dealkylation sites (N-methyl/N-ethyl adjacent to an activating group) is 1. The van der Waals surface area contributed by atoms with Crippen LogP contribution in [0.4, 0.5) is 5.69 Å². The maximum absolute atomic E-state index is 3.26. The van der Waals surface area contributed by atoms with Crippen LogP contribution in [0.2, 0.25) is 0 Å². The molecule has 2 rings (SSSR count). The Kier molecular flexibility index (Phi) is 4.61. The summed E-state index contributed by atoms with van der Waals surface area (Å²) < 4.78 is 0. The maximum atomic E-state index is 3.26. The van der Waals surface area contributed by atoms with Crippen molar-refractivity contribution in [3.05, 3.63) is 30.3 Å². The molecule has 0 saturated carbocycles. The predicted octanol–water partition coefficient (Wildman–Crippen LogP) is 1.80. The Bertz CT molecular complexity index is 352. The number of nitrogens with zero attached hydrogens (tertiary/aromatic N) is 2. The highest BCUT2D eigenvalue weighted by Crippen LogP contribution is 2.23. The Labute approximate surface area is 111 Å². The molecule has 0 aliphatic carbocycles. The largest absolute Gasteiger partial charge is 0.366 e. The molecule has 1 aromatic rings. The highest BCUT2D eigenvalue weighted by molar-refractivity contribution is 5.47. The number of benzene rings is 1. The minimum absolute atomic E-state index is 0.586. The van der Waals surface area contributed by atoms with Gasteiger partial charge >= 0.3 is 0 Å². The Morgan fingerprint density at radius 3 is 2.61 bits per heavy atom. The molecule has 2 atom stereocenters. The lowest BCUT2D eigenvalue weighted by Crippen LogP contribution is -2.56. The Balaban J connectivity index is 2.06. The summed E-state index contributed by atoms with van der Waals surface area (Å²) in [5.41, 5.74) is 1.35. The van der Waals surface area contributed by atoms with Gasteiger partial charge in [0.25, 0.3) is 0 Å². The Morgan fingerprint density at radius 2 is 1.94 bits per heavy atom. The third kappa shape index (κ3) is 3.03. The molecule has 1 aliphatic rings. The fourth-order valence-corrected chi connectivity index (χ4v) is 2.81. The second-order valence-electron chi connectivity index (χ2n) is 5.32. The Hall–Kier alpha value is -1.06. The maximum Gasteiger partial charge on any atom is 0.0389 e. The average molecular weight is 247 g/mol. The van der Waals surface area contributed by atoms with Crippen molar-refractivity contribution < 1.29 is 0 Å². The van der Waals surface area contributed by atoms with Gasteiger partial charge in [0, 0.05) is 30.9 Å². The lowest BCUT2D eigenvalue weighted by atomic mass is 10.0. The summed E-state index contributed by atoms with van der Waals surface area (Å²) in [6.07, 6.45) is 1.21. The van der Waals surface area contributed by atoms with Crippen molar-refractivity contribution in [3.8, 4) is 0 Å². The summed E-state index contributed by atoms with van der Waals surface area (Å²) in [5, 5.41) is 3.26. The lowest BCUT2D eigenvalue weighted by molar-refractivity contribution is 0.183. The molecule has 0 radical (unpaired) electrons. The molecule has 1 heterocycles. The number of anilines is 1. The molecule has 1 N–H and O–H groups in total. The quantitative estimate of drug-likeness (QED) is 0.875. The van der Waals surface area contributed by atoms with Crippen molar-refractivity contribution in [1.82, 2.24) is 10.2 Å². The molecular weight excluding hydrogens is 222 g/mol. The zero-order chi connectivity index (χ0) is 13.0. The minimum Gasteiger partial charge on any atom is -0.366 e. The van der Waals surface area contributed by atoms with E-state index in [0.717, 1.165) is 19.6 Å². The van der Waals surface area contributed by atoms with E-state index in [4.69, 9.17) is 0 Å². The van der Waals surface area contributed by atoms with E-state index in [0.29, 0.717) is 12.1 Å². The number of para-hydroxylation sites is 1. The normalized spacial score (nSPS) is 25.4. The van der Waals surface area contributed by atoms with Gasteiger partial charge in [0.2, 0.25) is 0 Å². The molecule has 100 valence electrons. The number of piperazine rings is 1. The van der Waals surface area contributed by atoms with E-state index >= 15 is 0 Å². The van der Waals surface area contributed by atoms with Crippen LogP contribution in [-0.2, 0) is 0 Å². The van der Waals surface area contributed by atoms with Crippen LogP contribution >= 0.6 is 0 Å². The van der Waals surface area contributed by atoms with Crippen LogP contribution in [0.15, 0.2) is 30.3 Å². The van der Waals surface area contributed by atoms with Crippen LogP contribution in [0, 0.1) is 0 Å². The van der Waals surface area contributed by atoms with Gasteiger partial charge in [-0.3, -0.25) is 4.90 Å². The van der Waals surface area contributed by atoms with Crippen molar-refractivity contribution in [2.75, 3.05) is 38.6 Å². The molecule has 0 bridgehead atoms. The van der Waals surface area contributed by atoms with E-state index < -0.39 is 0 Å². The van der Waals surface area contributed by atoms with Crippen molar-refractivity contribution in [3.63, 3.8) is 0 Å². The van der Waals surface area contributed by atoms with E-state index in [-0.39, 0.29) is 0 Å². The highest BCUT2D eigenvalue weighted by Gasteiger charge is 2.28. The van der Waals surface area contributed by atoms with E-state index in [1.807, 2.05) is 7.05 Å². The number of hydrogen-bond acceptors (Lipinski definition) is 3. The standard InChI is InChI=1S/C15H25N3/c1-13-11-17(3)15(9-10-16-2)12-18(13)14-7-5-4-6-8-14/h4-8,13,15-16H,9-12H2,1-3H3. The van der Waals surface area contributed by atoms with Gasteiger partial charge in [-0.2, -0.15) is 0 Å².